The molecule has 9 aromatic rings. The molecule has 0 N–H and O–H groups in total. The van der Waals surface area contributed by atoms with Gasteiger partial charge in [-0.25, -0.2) is 0 Å². The van der Waals surface area contributed by atoms with Gasteiger partial charge in [0.2, 0.25) is 0 Å². The van der Waals surface area contributed by atoms with Crippen LogP contribution < -0.4 is 20.6 Å². The fraction of sp³-hybridized carbons (Fsp3) is 0.353. The van der Waals surface area contributed by atoms with Crippen molar-refractivity contribution in [2.45, 2.75) is 155 Å². The van der Waals surface area contributed by atoms with Crippen molar-refractivity contribution >= 4 is 88.9 Å². The third kappa shape index (κ3) is 6.89. The molecule has 0 saturated heterocycles. The highest BCUT2D eigenvalue weighted by Gasteiger charge is 2.50. The van der Waals surface area contributed by atoms with Crippen LogP contribution in [0.4, 0.5) is 27.8 Å². The first-order chi connectivity index (χ1) is 34.4. The van der Waals surface area contributed by atoms with Gasteiger partial charge in [0, 0.05) is 49.2 Å². The third-order valence-electron chi connectivity index (χ3n) is 18.3. The molecule has 0 amide bonds. The molecule has 0 unspecified atom stereocenters. The zero-order chi connectivity index (χ0) is 51.1. The zero-order valence-corrected chi connectivity index (χ0v) is 46.6. The van der Waals surface area contributed by atoms with Crippen molar-refractivity contribution in [1.29, 1.82) is 0 Å². The van der Waals surface area contributed by atoms with Crippen LogP contribution in [-0.2, 0) is 32.5 Å². The van der Waals surface area contributed by atoms with Gasteiger partial charge in [-0.3, -0.25) is 0 Å². The molecule has 73 heavy (non-hydrogen) atoms. The van der Waals surface area contributed by atoms with Gasteiger partial charge < -0.3 is 14.1 Å². The summed E-state index contributed by atoms with van der Waals surface area (Å²) in [6, 6.07) is 49.9. The lowest BCUT2D eigenvalue weighted by atomic mass is 9.43. The molecule has 2 aromatic heterocycles. The molecule has 4 heterocycles. The molecule has 13 rings (SSSR count). The summed E-state index contributed by atoms with van der Waals surface area (Å²) in [5.41, 5.74) is 23.1. The van der Waals surface area contributed by atoms with Gasteiger partial charge in [-0.15, -0.1) is 11.3 Å². The highest BCUT2D eigenvalue weighted by atomic mass is 32.1. The normalized spacial score (nSPS) is 18.1. The Morgan fingerprint density at radius 3 is 1.78 bits per heavy atom. The Balaban J connectivity index is 1.23. The molecular weight excluding hydrogens is 904 g/mol. The van der Waals surface area contributed by atoms with Gasteiger partial charge in [-0.2, -0.15) is 0 Å². The molecule has 2 aliphatic carbocycles. The number of furan rings is 1. The minimum Gasteiger partial charge on any atom is -0.455 e. The number of benzene rings is 7. The lowest BCUT2D eigenvalue weighted by molar-refractivity contribution is 0.332. The van der Waals surface area contributed by atoms with Crippen molar-refractivity contribution in [3.63, 3.8) is 0 Å². The first kappa shape index (κ1) is 46.7. The number of para-hydroxylation sites is 1. The number of rotatable bonds is 3. The van der Waals surface area contributed by atoms with Gasteiger partial charge >= 0.3 is 6.85 Å². The topological polar surface area (TPSA) is 19.6 Å². The van der Waals surface area contributed by atoms with E-state index in [-0.39, 0.29) is 39.3 Å². The molecule has 368 valence electrons. The summed E-state index contributed by atoms with van der Waals surface area (Å²) >= 11 is 2.00. The molecule has 7 aromatic carbocycles. The van der Waals surface area contributed by atoms with E-state index in [4.69, 9.17) is 4.42 Å². The number of fused-ring (bicyclic) bond motifs is 12. The van der Waals surface area contributed by atoms with E-state index in [0.717, 1.165) is 34.8 Å². The molecule has 0 bridgehead atoms. The second-order valence-electron chi connectivity index (χ2n) is 27.1. The Morgan fingerprint density at radius 1 is 0.493 bits per heavy atom. The van der Waals surface area contributed by atoms with Crippen molar-refractivity contribution in [2.75, 3.05) is 9.71 Å². The zero-order valence-electron chi connectivity index (χ0n) is 45.7. The average molecular weight is 975 g/mol. The van der Waals surface area contributed by atoms with Crippen LogP contribution in [0.1, 0.15) is 156 Å². The predicted molar refractivity (Wildman–Crippen MR) is 316 cm³/mol. The van der Waals surface area contributed by atoms with E-state index in [2.05, 4.69) is 234 Å². The van der Waals surface area contributed by atoms with Gasteiger partial charge in [0.15, 0.2) is 0 Å². The molecule has 5 heteroatoms. The van der Waals surface area contributed by atoms with Crippen molar-refractivity contribution < 1.29 is 4.42 Å². The average Bonchev–Trinajstić information content (AvgIpc) is 3.91. The van der Waals surface area contributed by atoms with Gasteiger partial charge in [0.05, 0.1) is 10.7 Å². The first-order valence-corrected chi connectivity index (χ1v) is 27.9. The molecule has 2 aliphatic heterocycles. The highest BCUT2D eigenvalue weighted by molar-refractivity contribution is 7.26. The van der Waals surface area contributed by atoms with E-state index in [1.165, 1.54) is 117 Å². The summed E-state index contributed by atoms with van der Waals surface area (Å²) in [7, 11) is 0. The monoisotopic (exact) mass is 975 g/mol. The van der Waals surface area contributed by atoms with E-state index in [1.54, 1.807) is 0 Å². The van der Waals surface area contributed by atoms with Gasteiger partial charge in [-0.1, -0.05) is 170 Å². The minimum atomic E-state index is -0.171. The molecule has 3 nitrogen and oxygen atoms in total. The maximum absolute atomic E-state index is 7.28. The van der Waals surface area contributed by atoms with Crippen LogP contribution >= 0.6 is 11.3 Å². The van der Waals surface area contributed by atoms with Gasteiger partial charge in [0.1, 0.15) is 11.2 Å². The van der Waals surface area contributed by atoms with Gasteiger partial charge in [0.25, 0.3) is 0 Å². The SMILES string of the molecule is CC(C)(C)c1ccc(N2c3cc4c(oc5ccccc54)c4c3B(c3c2sc2cc5c(cc32)C(C)(C)CCC5(C)C)N(c2ccc3c(c2)C(C)(C)CCC3(C)C)c2cc(C(C)(C)C)ccc2-4)c(-c2ccccc2)c1. The summed E-state index contributed by atoms with van der Waals surface area (Å²) < 4.78 is 8.64. The molecule has 0 fully saturated rings. The van der Waals surface area contributed by atoms with Crippen LogP contribution in [0.25, 0.3) is 54.3 Å². The van der Waals surface area contributed by atoms with E-state index in [1.807, 2.05) is 11.3 Å². The Kier molecular flexibility index (Phi) is 9.78. The smallest absolute Gasteiger partial charge is 0.334 e. The fourth-order valence-corrected chi connectivity index (χ4v) is 14.8. The van der Waals surface area contributed by atoms with Crippen LogP contribution in [0.3, 0.4) is 0 Å². The van der Waals surface area contributed by atoms with Crippen molar-refractivity contribution in [3.05, 3.63) is 161 Å². The van der Waals surface area contributed by atoms with Crippen LogP contribution in [0, 0.1) is 0 Å². The van der Waals surface area contributed by atoms with Crippen molar-refractivity contribution in [2.24, 2.45) is 0 Å². The van der Waals surface area contributed by atoms with Crippen molar-refractivity contribution in [3.8, 4) is 22.3 Å². The van der Waals surface area contributed by atoms with E-state index < -0.39 is 0 Å². The van der Waals surface area contributed by atoms with Crippen LogP contribution in [0.2, 0.25) is 0 Å². The lowest BCUT2D eigenvalue weighted by Gasteiger charge is -2.47. The third-order valence-corrected chi connectivity index (χ3v) is 19.5. The van der Waals surface area contributed by atoms with Crippen LogP contribution in [-0.4, -0.2) is 6.85 Å². The Labute approximate surface area is 438 Å². The Morgan fingerprint density at radius 2 is 1.10 bits per heavy atom. The molecule has 0 saturated carbocycles. The summed E-state index contributed by atoms with van der Waals surface area (Å²) in [6.45, 7) is 33.7. The van der Waals surface area contributed by atoms with Crippen LogP contribution in [0.5, 0.6) is 0 Å². The molecule has 4 aliphatic rings. The summed E-state index contributed by atoms with van der Waals surface area (Å²) in [6.07, 6.45) is 4.67. The number of nitrogens with zero attached hydrogens (tertiary/aromatic N) is 2. The second-order valence-corrected chi connectivity index (χ2v) is 28.1. The maximum atomic E-state index is 7.28. The number of thiophene rings is 1. The molecule has 0 radical (unpaired) electrons. The first-order valence-electron chi connectivity index (χ1n) is 27.1. The fourth-order valence-electron chi connectivity index (χ4n) is 13.5. The number of anilines is 5. The minimum absolute atomic E-state index is 0.0321. The standard InChI is InChI=1S/C68H71BN2OS/c1-63(2,3)41-25-29-53(46(34-41)40-20-16-15-17-21-40)70-55-38-47-44-22-18-19-23-56(44)72-61(47)58-45-27-24-42(64(4,5)6)35-54(45)71(43-26-28-49-50(36-43)66(9,10)31-30-65(49,7)8)69(60(55)58)59-48-37-51-52(39-57(48)73-62(59)70)68(13,14)33-32-67(51,11)12/h15-29,34-39H,30-33H2,1-14H3. The lowest BCUT2D eigenvalue weighted by Crippen LogP contribution is -2.61. The Bertz CT molecular complexity index is 3790. The highest BCUT2D eigenvalue weighted by Crippen LogP contribution is 2.57. The van der Waals surface area contributed by atoms with Gasteiger partial charge in [-0.05, 0) is 168 Å². The summed E-state index contributed by atoms with van der Waals surface area (Å²) in [4.78, 5) is 5.49. The maximum Gasteiger partial charge on any atom is 0.334 e. The van der Waals surface area contributed by atoms with E-state index in [9.17, 15) is 0 Å². The molecule has 0 atom stereocenters. The molecule has 0 spiro atoms. The van der Waals surface area contributed by atoms with E-state index in [0.29, 0.717) is 0 Å². The second kappa shape index (κ2) is 15.3. The number of hydrogen-bond acceptors (Lipinski definition) is 4. The Hall–Kier alpha value is -6.04. The van der Waals surface area contributed by atoms with Crippen molar-refractivity contribution in [1.82, 2.24) is 0 Å². The summed E-state index contributed by atoms with van der Waals surface area (Å²) in [5, 5.41) is 4.96. The summed E-state index contributed by atoms with van der Waals surface area (Å²) in [5.74, 6) is 0. The van der Waals surface area contributed by atoms with E-state index >= 15 is 0 Å². The quantitative estimate of drug-likeness (QED) is 0.165. The molecular formula is C68H71BN2OS. The largest absolute Gasteiger partial charge is 0.455 e. The number of hydrogen-bond donors (Lipinski definition) is 0. The predicted octanol–water partition coefficient (Wildman–Crippen LogP) is 18.5. The van der Waals surface area contributed by atoms with Crippen LogP contribution in [0.15, 0.2) is 132 Å².